The van der Waals surface area contributed by atoms with Crippen molar-refractivity contribution < 1.29 is 9.59 Å². The maximum Gasteiger partial charge on any atom is 0.237 e. The first-order valence-electron chi connectivity index (χ1n) is 7.51. The van der Waals surface area contributed by atoms with Crippen molar-refractivity contribution >= 4 is 29.1 Å². The molecule has 2 aromatic rings. The van der Waals surface area contributed by atoms with Gasteiger partial charge in [-0.1, -0.05) is 17.8 Å². The zero-order chi connectivity index (χ0) is 17.7. The number of aromatic nitrogens is 3. The van der Waals surface area contributed by atoms with Crippen LogP contribution in [0, 0.1) is 6.92 Å². The van der Waals surface area contributed by atoms with Crippen LogP contribution >= 0.6 is 11.8 Å². The van der Waals surface area contributed by atoms with E-state index in [0.29, 0.717) is 23.0 Å². The molecule has 0 saturated heterocycles. The number of amides is 1. The molecule has 0 spiro atoms. The molecular weight excluding hydrogens is 324 g/mol. The predicted molar refractivity (Wildman–Crippen MR) is 95.4 cm³/mol. The van der Waals surface area contributed by atoms with Crippen molar-refractivity contribution in [1.29, 1.82) is 0 Å². The fraction of sp³-hybridized carbons (Fsp3) is 0.294. The molecule has 7 heteroatoms. The molecule has 0 radical (unpaired) electrons. The highest BCUT2D eigenvalue weighted by Crippen LogP contribution is 2.23. The normalized spacial score (nSPS) is 11.8. The molecule has 0 fully saturated rings. The van der Waals surface area contributed by atoms with E-state index in [9.17, 15) is 9.59 Å². The minimum atomic E-state index is -0.343. The van der Waals surface area contributed by atoms with E-state index in [4.69, 9.17) is 0 Å². The minimum absolute atomic E-state index is 0.00581. The fourth-order valence-electron chi connectivity index (χ4n) is 2.03. The molecule has 0 bridgehead atoms. The number of aryl methyl sites for hydroxylation is 1. The van der Waals surface area contributed by atoms with Gasteiger partial charge in [0.2, 0.25) is 5.91 Å². The number of hydrogen-bond acceptors (Lipinski definition) is 5. The molecule has 1 N–H and O–H groups in total. The van der Waals surface area contributed by atoms with E-state index in [1.165, 1.54) is 18.7 Å². The predicted octanol–water partition coefficient (Wildman–Crippen LogP) is 3.09. The Bertz CT molecular complexity index is 752. The fourth-order valence-corrected chi connectivity index (χ4v) is 2.94. The lowest BCUT2D eigenvalue weighted by Crippen LogP contribution is -2.23. The first kappa shape index (κ1) is 17.9. The molecule has 1 atom stereocenters. The largest absolute Gasteiger partial charge is 0.325 e. The Morgan fingerprint density at radius 2 is 2.00 bits per heavy atom. The summed E-state index contributed by atoms with van der Waals surface area (Å²) >= 11 is 1.34. The smallest absolute Gasteiger partial charge is 0.237 e. The van der Waals surface area contributed by atoms with Gasteiger partial charge in [0.05, 0.1) is 5.25 Å². The molecule has 1 aromatic heterocycles. The average molecular weight is 344 g/mol. The van der Waals surface area contributed by atoms with Crippen LogP contribution in [-0.4, -0.2) is 31.7 Å². The number of anilines is 1. The van der Waals surface area contributed by atoms with Gasteiger partial charge in [0, 0.05) is 17.8 Å². The molecule has 1 heterocycles. The molecule has 1 aromatic carbocycles. The Kier molecular flexibility index (Phi) is 5.92. The van der Waals surface area contributed by atoms with Gasteiger partial charge in [0.25, 0.3) is 0 Å². The van der Waals surface area contributed by atoms with E-state index in [2.05, 4.69) is 22.1 Å². The maximum absolute atomic E-state index is 12.3. The van der Waals surface area contributed by atoms with Crippen molar-refractivity contribution in [2.24, 2.45) is 0 Å². The lowest BCUT2D eigenvalue weighted by Gasteiger charge is -2.12. The first-order valence-corrected chi connectivity index (χ1v) is 8.39. The standard InChI is InChI=1S/C17H20N4O2S/c1-5-10-21-13(4)19-20-17(21)24-12(3)16(23)18-15-8-6-14(7-9-15)11(2)22/h5-9,12H,1,10H2,2-4H3,(H,18,23)/t12-/m0/s1. The molecule has 0 aliphatic heterocycles. The Hall–Kier alpha value is -2.41. The summed E-state index contributed by atoms with van der Waals surface area (Å²) in [6.45, 7) is 9.50. The van der Waals surface area contributed by atoms with Crippen LogP contribution in [-0.2, 0) is 11.3 Å². The van der Waals surface area contributed by atoms with Crippen LogP contribution in [0.15, 0.2) is 42.1 Å². The molecule has 1 amide bonds. The summed E-state index contributed by atoms with van der Waals surface area (Å²) in [6, 6.07) is 6.83. The van der Waals surface area contributed by atoms with Gasteiger partial charge in [0.1, 0.15) is 5.82 Å². The highest BCUT2D eigenvalue weighted by molar-refractivity contribution is 8.00. The van der Waals surface area contributed by atoms with Gasteiger partial charge in [-0.05, 0) is 45.0 Å². The van der Waals surface area contributed by atoms with Crippen molar-refractivity contribution in [1.82, 2.24) is 14.8 Å². The van der Waals surface area contributed by atoms with Crippen molar-refractivity contribution in [3.63, 3.8) is 0 Å². The quantitative estimate of drug-likeness (QED) is 0.474. The number of nitrogens with zero attached hydrogens (tertiary/aromatic N) is 3. The summed E-state index contributed by atoms with van der Waals surface area (Å²) < 4.78 is 1.91. The number of allylic oxidation sites excluding steroid dienone is 1. The number of carbonyl (C=O) groups is 2. The van der Waals surface area contributed by atoms with Crippen LogP contribution in [0.1, 0.15) is 30.0 Å². The van der Waals surface area contributed by atoms with Crippen LogP contribution < -0.4 is 5.32 Å². The van der Waals surface area contributed by atoms with Gasteiger partial charge in [0.15, 0.2) is 10.9 Å². The summed E-state index contributed by atoms with van der Waals surface area (Å²) in [6.07, 6.45) is 1.77. The van der Waals surface area contributed by atoms with Gasteiger partial charge in [-0.15, -0.1) is 16.8 Å². The van der Waals surface area contributed by atoms with E-state index in [1.807, 2.05) is 18.4 Å². The number of hydrogen-bond donors (Lipinski definition) is 1. The topological polar surface area (TPSA) is 76.9 Å². The van der Waals surface area contributed by atoms with Gasteiger partial charge in [-0.25, -0.2) is 0 Å². The van der Waals surface area contributed by atoms with E-state index < -0.39 is 0 Å². The second kappa shape index (κ2) is 7.92. The molecule has 0 saturated carbocycles. The number of ketones is 1. The Morgan fingerprint density at radius 1 is 1.33 bits per heavy atom. The van der Waals surface area contributed by atoms with Crippen LogP contribution in [0.3, 0.4) is 0 Å². The third kappa shape index (κ3) is 4.32. The summed E-state index contributed by atoms with van der Waals surface area (Å²) in [5.41, 5.74) is 1.27. The van der Waals surface area contributed by atoms with E-state index in [1.54, 1.807) is 30.3 Å². The monoisotopic (exact) mass is 344 g/mol. The van der Waals surface area contributed by atoms with Gasteiger partial charge in [-0.2, -0.15) is 0 Å². The molecule has 126 valence electrons. The third-order valence-electron chi connectivity index (χ3n) is 3.42. The lowest BCUT2D eigenvalue weighted by atomic mass is 10.1. The van der Waals surface area contributed by atoms with Crippen LogP contribution in [0.25, 0.3) is 0 Å². The summed E-state index contributed by atoms with van der Waals surface area (Å²) in [7, 11) is 0. The minimum Gasteiger partial charge on any atom is -0.325 e. The van der Waals surface area contributed by atoms with Crippen LogP contribution in [0.2, 0.25) is 0 Å². The van der Waals surface area contributed by atoms with Crippen molar-refractivity contribution in [2.75, 3.05) is 5.32 Å². The van der Waals surface area contributed by atoms with Gasteiger partial charge >= 0.3 is 0 Å². The molecule has 2 rings (SSSR count). The number of nitrogens with one attached hydrogen (secondary N) is 1. The molecule has 6 nitrogen and oxygen atoms in total. The van der Waals surface area contributed by atoms with Crippen molar-refractivity contribution in [2.45, 2.75) is 37.7 Å². The maximum atomic E-state index is 12.3. The Balaban J connectivity index is 2.02. The van der Waals surface area contributed by atoms with Gasteiger partial charge < -0.3 is 9.88 Å². The number of thioether (sulfide) groups is 1. The second-order valence-corrected chi connectivity index (χ2v) is 6.62. The van der Waals surface area contributed by atoms with E-state index >= 15 is 0 Å². The van der Waals surface area contributed by atoms with E-state index in [0.717, 1.165) is 5.82 Å². The number of benzene rings is 1. The number of rotatable bonds is 7. The first-order chi connectivity index (χ1) is 11.4. The van der Waals surface area contributed by atoms with E-state index in [-0.39, 0.29) is 16.9 Å². The summed E-state index contributed by atoms with van der Waals surface area (Å²) in [5, 5.41) is 11.3. The Labute approximate surface area is 145 Å². The van der Waals surface area contributed by atoms with Crippen LogP contribution in [0.4, 0.5) is 5.69 Å². The third-order valence-corrected chi connectivity index (χ3v) is 4.50. The summed E-state index contributed by atoms with van der Waals surface area (Å²) in [5.74, 6) is 0.639. The van der Waals surface area contributed by atoms with Crippen molar-refractivity contribution in [3.05, 3.63) is 48.3 Å². The number of carbonyl (C=O) groups excluding carboxylic acids is 2. The number of Topliss-reactive ketones (excluding diaryl/α,β-unsaturated/α-hetero) is 1. The SMILES string of the molecule is C=CCn1c(C)nnc1S[C@@H](C)C(=O)Nc1ccc(C(C)=O)cc1. The van der Waals surface area contributed by atoms with Gasteiger partial charge in [-0.3, -0.25) is 9.59 Å². The zero-order valence-corrected chi connectivity index (χ0v) is 14.8. The second-order valence-electron chi connectivity index (χ2n) is 5.31. The van der Waals surface area contributed by atoms with Crippen molar-refractivity contribution in [3.8, 4) is 0 Å². The van der Waals surface area contributed by atoms with Crippen LogP contribution in [0.5, 0.6) is 0 Å². The molecular formula is C17H20N4O2S. The molecule has 0 unspecified atom stereocenters. The highest BCUT2D eigenvalue weighted by atomic mass is 32.2. The molecule has 24 heavy (non-hydrogen) atoms. The highest BCUT2D eigenvalue weighted by Gasteiger charge is 2.19. The zero-order valence-electron chi connectivity index (χ0n) is 13.9. The average Bonchev–Trinajstić information content (AvgIpc) is 2.89. The summed E-state index contributed by atoms with van der Waals surface area (Å²) in [4.78, 5) is 23.6. The Morgan fingerprint density at radius 3 is 2.58 bits per heavy atom. The molecule has 0 aliphatic rings. The lowest BCUT2D eigenvalue weighted by molar-refractivity contribution is -0.115. The molecule has 0 aliphatic carbocycles.